The third kappa shape index (κ3) is 18.4. The molecule has 2 aromatic carbocycles. The second-order valence-corrected chi connectivity index (χ2v) is 8.13. The maximum Gasteiger partial charge on any atom is 0.226 e. The minimum absolute atomic E-state index is 0.128. The number of nitrogens with zero attached hydrogens (tertiary/aromatic N) is 1. The Morgan fingerprint density at radius 1 is 1.00 bits per heavy atom. The zero-order valence-corrected chi connectivity index (χ0v) is 23.8. The molecule has 38 heavy (non-hydrogen) atoms. The van der Waals surface area contributed by atoms with Gasteiger partial charge in [0.25, 0.3) is 0 Å². The largest absolute Gasteiger partial charge is 0.405 e. The standard InChI is InChI=1S/C26H31NO.C3H8N2.C3H6.C2H4/c1-4-12-22(20-23-14-7-6-8-15-23)16-11-19-26(28)27(3)21-25-18-10-9-17-24(25)13-5-2;4-2-1-3-5;1-3-2;1-2/h4-11,13-18,22H,1,12,19-21H2,2-3H3;1-2H,3-5H2;3H,1H2,2H3;1-2H2/b13-5-,16-11-;2-1+;;. The van der Waals surface area contributed by atoms with E-state index < -0.39 is 0 Å². The Balaban J connectivity index is 0. The minimum Gasteiger partial charge on any atom is -0.405 e. The molecule has 1 atom stereocenters. The van der Waals surface area contributed by atoms with Crippen molar-refractivity contribution in [1.29, 1.82) is 0 Å². The van der Waals surface area contributed by atoms with Crippen molar-refractivity contribution >= 4 is 12.0 Å². The normalized spacial score (nSPS) is 10.8. The topological polar surface area (TPSA) is 72.3 Å². The van der Waals surface area contributed by atoms with E-state index in [4.69, 9.17) is 11.5 Å². The van der Waals surface area contributed by atoms with Gasteiger partial charge in [-0.2, -0.15) is 0 Å². The lowest BCUT2D eigenvalue weighted by atomic mass is 9.95. The number of nitrogens with two attached hydrogens (primary N) is 2. The highest BCUT2D eigenvalue weighted by Gasteiger charge is 2.10. The molecule has 4 nitrogen and oxygen atoms in total. The van der Waals surface area contributed by atoms with Gasteiger partial charge >= 0.3 is 0 Å². The van der Waals surface area contributed by atoms with Gasteiger partial charge in [-0.25, -0.2) is 0 Å². The third-order valence-electron chi connectivity index (χ3n) is 5.02. The molecule has 1 unspecified atom stereocenters. The SMILES string of the molecule is C=C.C=CC.C=CCC(/C=C\CC(=O)N(C)Cc1ccccc1/C=C\C)Cc1ccccc1.N/C=C/CN. The molecule has 0 bridgehead atoms. The highest BCUT2D eigenvalue weighted by atomic mass is 16.2. The van der Waals surface area contributed by atoms with Gasteiger partial charge < -0.3 is 16.4 Å². The average molecular weight is 516 g/mol. The Bertz CT molecular complexity index is 961. The molecular formula is C34H49N3O. The van der Waals surface area contributed by atoms with Crippen LogP contribution in [0.25, 0.3) is 6.08 Å². The van der Waals surface area contributed by atoms with E-state index in [1.165, 1.54) is 11.8 Å². The minimum atomic E-state index is 0.128. The van der Waals surface area contributed by atoms with Gasteiger partial charge in [-0.05, 0) is 55.5 Å². The highest BCUT2D eigenvalue weighted by Crippen LogP contribution is 2.16. The molecule has 2 aromatic rings. The maximum atomic E-state index is 12.6. The summed E-state index contributed by atoms with van der Waals surface area (Å²) >= 11 is 0. The van der Waals surface area contributed by atoms with Crippen LogP contribution in [0.3, 0.4) is 0 Å². The first-order chi connectivity index (χ1) is 18.5. The number of carbonyl (C=O) groups is 1. The van der Waals surface area contributed by atoms with E-state index in [0.29, 0.717) is 25.4 Å². The number of benzene rings is 2. The van der Waals surface area contributed by atoms with E-state index in [0.717, 1.165) is 24.0 Å². The van der Waals surface area contributed by atoms with Crippen LogP contribution in [0, 0.1) is 5.92 Å². The van der Waals surface area contributed by atoms with Crippen LogP contribution in [0.4, 0.5) is 0 Å². The van der Waals surface area contributed by atoms with Crippen LogP contribution in [0.15, 0.2) is 124 Å². The summed E-state index contributed by atoms with van der Waals surface area (Å²) in [5.41, 5.74) is 13.5. The number of hydrogen-bond acceptors (Lipinski definition) is 3. The molecule has 0 aromatic heterocycles. The first-order valence-corrected chi connectivity index (χ1v) is 12.9. The van der Waals surface area contributed by atoms with Gasteiger partial charge in [0.2, 0.25) is 5.91 Å². The van der Waals surface area contributed by atoms with Crippen LogP contribution >= 0.6 is 0 Å². The second kappa shape index (κ2) is 26.2. The summed E-state index contributed by atoms with van der Waals surface area (Å²) in [7, 11) is 1.87. The Morgan fingerprint density at radius 2 is 1.61 bits per heavy atom. The van der Waals surface area contributed by atoms with Crippen molar-refractivity contribution in [3.8, 4) is 0 Å². The molecule has 0 saturated heterocycles. The van der Waals surface area contributed by atoms with Crippen LogP contribution in [0.2, 0.25) is 0 Å². The Hall–Kier alpha value is -3.89. The molecule has 0 fully saturated rings. The van der Waals surface area contributed by atoms with Gasteiger partial charge in [0.15, 0.2) is 0 Å². The molecule has 2 rings (SSSR count). The molecule has 0 radical (unpaired) electrons. The third-order valence-corrected chi connectivity index (χ3v) is 5.02. The summed E-state index contributed by atoms with van der Waals surface area (Å²) in [6, 6.07) is 18.6. The fourth-order valence-corrected chi connectivity index (χ4v) is 3.32. The summed E-state index contributed by atoms with van der Waals surface area (Å²) in [6.07, 6.45) is 17.4. The maximum absolute atomic E-state index is 12.6. The summed E-state index contributed by atoms with van der Waals surface area (Å²) in [5, 5.41) is 0. The fourth-order valence-electron chi connectivity index (χ4n) is 3.32. The molecule has 0 spiro atoms. The molecule has 1 amide bonds. The lowest BCUT2D eigenvalue weighted by molar-refractivity contribution is -0.129. The van der Waals surface area contributed by atoms with Crippen molar-refractivity contribution in [3.63, 3.8) is 0 Å². The average Bonchev–Trinajstić information content (AvgIpc) is 2.93. The number of allylic oxidation sites excluding steroid dienone is 4. The highest BCUT2D eigenvalue weighted by molar-refractivity contribution is 5.77. The van der Waals surface area contributed by atoms with Crippen LogP contribution < -0.4 is 11.5 Å². The van der Waals surface area contributed by atoms with Crippen molar-refractivity contribution in [2.75, 3.05) is 13.6 Å². The molecule has 0 aliphatic carbocycles. The number of carbonyl (C=O) groups excluding carboxylic acids is 1. The van der Waals surface area contributed by atoms with Gasteiger partial charge in [-0.15, -0.1) is 26.3 Å². The van der Waals surface area contributed by atoms with E-state index in [-0.39, 0.29) is 5.91 Å². The van der Waals surface area contributed by atoms with Crippen molar-refractivity contribution in [3.05, 3.63) is 140 Å². The summed E-state index contributed by atoms with van der Waals surface area (Å²) in [4.78, 5) is 14.3. The Kier molecular flexibility index (Phi) is 25.0. The lowest BCUT2D eigenvalue weighted by Crippen LogP contribution is -2.25. The Morgan fingerprint density at radius 3 is 2.13 bits per heavy atom. The molecule has 0 aliphatic rings. The molecule has 4 heteroatoms. The van der Waals surface area contributed by atoms with Crippen LogP contribution in [-0.4, -0.2) is 24.4 Å². The van der Waals surface area contributed by atoms with Gasteiger partial charge in [0.05, 0.1) is 0 Å². The molecule has 206 valence electrons. The number of hydrogen-bond donors (Lipinski definition) is 2. The van der Waals surface area contributed by atoms with E-state index in [2.05, 4.69) is 74.9 Å². The van der Waals surface area contributed by atoms with Gasteiger partial charge in [0.1, 0.15) is 0 Å². The predicted molar refractivity (Wildman–Crippen MR) is 169 cm³/mol. The van der Waals surface area contributed by atoms with Gasteiger partial charge in [-0.3, -0.25) is 4.79 Å². The predicted octanol–water partition coefficient (Wildman–Crippen LogP) is 7.47. The van der Waals surface area contributed by atoms with Gasteiger partial charge in [0, 0.05) is 26.6 Å². The van der Waals surface area contributed by atoms with E-state index in [1.54, 1.807) is 17.1 Å². The molecule has 4 N–H and O–H groups in total. The first kappa shape index (κ1) is 36.3. The summed E-state index contributed by atoms with van der Waals surface area (Å²) < 4.78 is 0. The number of rotatable bonds is 11. The van der Waals surface area contributed by atoms with Crippen molar-refractivity contribution in [2.24, 2.45) is 17.4 Å². The quantitative estimate of drug-likeness (QED) is 0.305. The van der Waals surface area contributed by atoms with E-state index >= 15 is 0 Å². The smallest absolute Gasteiger partial charge is 0.226 e. The van der Waals surface area contributed by atoms with E-state index in [1.807, 2.05) is 57.3 Å². The molecule has 0 aliphatic heterocycles. The van der Waals surface area contributed by atoms with E-state index in [9.17, 15) is 4.79 Å². The van der Waals surface area contributed by atoms with Gasteiger partial charge in [-0.1, -0.05) is 97.1 Å². The second-order valence-electron chi connectivity index (χ2n) is 8.13. The fraction of sp³-hybridized carbons (Fsp3) is 0.265. The van der Waals surface area contributed by atoms with Crippen molar-refractivity contribution < 1.29 is 4.79 Å². The zero-order valence-electron chi connectivity index (χ0n) is 23.8. The van der Waals surface area contributed by atoms with Crippen LogP contribution in [-0.2, 0) is 17.8 Å². The molecule has 0 saturated carbocycles. The van der Waals surface area contributed by atoms with Crippen molar-refractivity contribution in [2.45, 2.75) is 39.7 Å². The van der Waals surface area contributed by atoms with Crippen LogP contribution in [0.5, 0.6) is 0 Å². The van der Waals surface area contributed by atoms with Crippen LogP contribution in [0.1, 0.15) is 43.4 Å². The Labute approximate surface area is 232 Å². The number of amides is 1. The first-order valence-electron chi connectivity index (χ1n) is 12.9. The monoisotopic (exact) mass is 515 g/mol. The lowest BCUT2D eigenvalue weighted by Gasteiger charge is -2.18. The zero-order chi connectivity index (χ0) is 29.0. The summed E-state index contributed by atoms with van der Waals surface area (Å²) in [5.74, 6) is 0.497. The van der Waals surface area contributed by atoms with Crippen molar-refractivity contribution in [1.82, 2.24) is 4.90 Å². The molecular weight excluding hydrogens is 466 g/mol. The summed E-state index contributed by atoms with van der Waals surface area (Å²) in [6.45, 7) is 18.3. The molecule has 0 heterocycles.